The van der Waals surface area contributed by atoms with Crippen molar-refractivity contribution >= 4 is 28.5 Å². The lowest BCUT2D eigenvalue weighted by Crippen LogP contribution is -2.22. The number of nitrogens with one attached hydrogen (secondary N) is 1. The second-order valence-corrected chi connectivity index (χ2v) is 4.42. The highest BCUT2D eigenvalue weighted by molar-refractivity contribution is 14.1. The zero-order valence-corrected chi connectivity index (χ0v) is 10.5. The monoisotopic (exact) mass is 328 g/mol. The van der Waals surface area contributed by atoms with Gasteiger partial charge in [0.1, 0.15) is 0 Å². The van der Waals surface area contributed by atoms with Gasteiger partial charge in [0.2, 0.25) is 5.76 Å². The minimum atomic E-state index is -0.254. The summed E-state index contributed by atoms with van der Waals surface area (Å²) in [6.45, 7) is 0.483. The zero-order chi connectivity index (χ0) is 11.4. The average molecular weight is 328 g/mol. The van der Waals surface area contributed by atoms with Crippen LogP contribution in [0.4, 0.5) is 0 Å². The van der Waals surface area contributed by atoms with Crippen molar-refractivity contribution in [3.8, 4) is 0 Å². The van der Waals surface area contributed by atoms with Crippen molar-refractivity contribution in [2.45, 2.75) is 6.54 Å². The van der Waals surface area contributed by atoms with E-state index in [4.69, 9.17) is 4.42 Å². The number of rotatable bonds is 3. The van der Waals surface area contributed by atoms with Crippen LogP contribution in [0.5, 0.6) is 0 Å². The fourth-order valence-corrected chi connectivity index (χ4v) is 1.56. The Labute approximate surface area is 106 Å². The van der Waals surface area contributed by atoms with E-state index in [1.807, 2.05) is 24.3 Å². The minimum absolute atomic E-state index is 0.227. The standard InChI is InChI=1S/C11H9IN2O2/c12-9-3-1-8(2-4-9)5-14-11(15)10-6-13-7-16-10/h1-4,6-7H,5H2,(H,14,15). The first-order chi connectivity index (χ1) is 7.75. The van der Waals surface area contributed by atoms with Crippen LogP contribution in [0.1, 0.15) is 16.1 Å². The van der Waals surface area contributed by atoms with Crippen molar-refractivity contribution in [1.82, 2.24) is 10.3 Å². The van der Waals surface area contributed by atoms with Crippen LogP contribution >= 0.6 is 22.6 Å². The summed E-state index contributed by atoms with van der Waals surface area (Å²) >= 11 is 2.24. The van der Waals surface area contributed by atoms with Crippen molar-refractivity contribution in [2.24, 2.45) is 0 Å². The molecule has 1 aromatic carbocycles. The number of carbonyl (C=O) groups is 1. The van der Waals surface area contributed by atoms with Crippen LogP contribution in [-0.4, -0.2) is 10.9 Å². The molecule has 1 N–H and O–H groups in total. The number of benzene rings is 1. The summed E-state index contributed by atoms with van der Waals surface area (Å²) in [7, 11) is 0. The Kier molecular flexibility index (Phi) is 3.55. The van der Waals surface area contributed by atoms with E-state index >= 15 is 0 Å². The van der Waals surface area contributed by atoms with Crippen LogP contribution in [0, 0.1) is 3.57 Å². The van der Waals surface area contributed by atoms with Crippen molar-refractivity contribution in [1.29, 1.82) is 0 Å². The highest BCUT2D eigenvalue weighted by Crippen LogP contribution is 2.06. The molecule has 2 aromatic rings. The van der Waals surface area contributed by atoms with E-state index < -0.39 is 0 Å². The molecule has 0 aliphatic rings. The number of nitrogens with zero attached hydrogens (tertiary/aromatic N) is 1. The summed E-state index contributed by atoms with van der Waals surface area (Å²) in [6, 6.07) is 7.94. The van der Waals surface area contributed by atoms with E-state index in [0.29, 0.717) is 6.54 Å². The molecule has 0 fully saturated rings. The quantitative estimate of drug-likeness (QED) is 0.879. The Bertz CT molecular complexity index is 465. The van der Waals surface area contributed by atoms with Crippen LogP contribution in [0.3, 0.4) is 0 Å². The fraction of sp³-hybridized carbons (Fsp3) is 0.0909. The van der Waals surface area contributed by atoms with Crippen molar-refractivity contribution in [2.75, 3.05) is 0 Å². The summed E-state index contributed by atoms with van der Waals surface area (Å²) in [5.74, 6) is -0.0263. The topological polar surface area (TPSA) is 55.1 Å². The van der Waals surface area contributed by atoms with Gasteiger partial charge in [0, 0.05) is 10.1 Å². The number of oxazole rings is 1. The van der Waals surface area contributed by atoms with Gasteiger partial charge in [0.15, 0.2) is 6.39 Å². The molecule has 0 radical (unpaired) electrons. The number of halogens is 1. The molecule has 1 aromatic heterocycles. The van der Waals surface area contributed by atoms with Gasteiger partial charge in [-0.25, -0.2) is 4.98 Å². The second-order valence-electron chi connectivity index (χ2n) is 3.17. The molecule has 0 spiro atoms. The summed E-state index contributed by atoms with van der Waals surface area (Å²) in [5.41, 5.74) is 1.05. The predicted molar refractivity (Wildman–Crippen MR) is 66.8 cm³/mol. The average Bonchev–Trinajstić information content (AvgIpc) is 2.81. The fourth-order valence-electron chi connectivity index (χ4n) is 1.20. The molecule has 0 saturated heterocycles. The lowest BCUT2D eigenvalue weighted by molar-refractivity contribution is 0.0923. The van der Waals surface area contributed by atoms with Crippen LogP contribution in [0.2, 0.25) is 0 Å². The molecule has 2 rings (SSSR count). The molecule has 0 aliphatic carbocycles. The van der Waals surface area contributed by atoms with E-state index in [2.05, 4.69) is 32.9 Å². The zero-order valence-electron chi connectivity index (χ0n) is 8.31. The van der Waals surface area contributed by atoms with E-state index in [-0.39, 0.29) is 11.7 Å². The minimum Gasteiger partial charge on any atom is -0.438 e. The van der Waals surface area contributed by atoms with Gasteiger partial charge in [-0.1, -0.05) is 12.1 Å². The molecule has 0 aliphatic heterocycles. The third-order valence-corrected chi connectivity index (χ3v) is 2.74. The Morgan fingerprint density at radius 1 is 1.38 bits per heavy atom. The van der Waals surface area contributed by atoms with Gasteiger partial charge in [0.05, 0.1) is 6.20 Å². The van der Waals surface area contributed by atoms with Crippen molar-refractivity contribution in [3.05, 3.63) is 51.7 Å². The third-order valence-electron chi connectivity index (χ3n) is 2.02. The Balaban J connectivity index is 1.93. The van der Waals surface area contributed by atoms with Gasteiger partial charge in [0.25, 0.3) is 5.91 Å². The Morgan fingerprint density at radius 2 is 2.12 bits per heavy atom. The maximum Gasteiger partial charge on any atom is 0.288 e. The van der Waals surface area contributed by atoms with E-state index in [0.717, 1.165) is 5.56 Å². The van der Waals surface area contributed by atoms with Gasteiger partial charge >= 0.3 is 0 Å². The molecule has 0 saturated carbocycles. The molecule has 0 atom stereocenters. The number of hydrogen-bond acceptors (Lipinski definition) is 3. The van der Waals surface area contributed by atoms with Crippen LogP contribution < -0.4 is 5.32 Å². The van der Waals surface area contributed by atoms with E-state index in [9.17, 15) is 4.79 Å². The molecule has 0 unspecified atom stereocenters. The summed E-state index contributed by atoms with van der Waals surface area (Å²) in [6.07, 6.45) is 2.63. The van der Waals surface area contributed by atoms with Gasteiger partial charge in [-0.05, 0) is 40.3 Å². The maximum absolute atomic E-state index is 11.5. The lowest BCUT2D eigenvalue weighted by atomic mass is 10.2. The van der Waals surface area contributed by atoms with Crippen molar-refractivity contribution in [3.63, 3.8) is 0 Å². The highest BCUT2D eigenvalue weighted by atomic mass is 127. The number of hydrogen-bond donors (Lipinski definition) is 1. The maximum atomic E-state index is 11.5. The van der Waals surface area contributed by atoms with Crippen LogP contribution in [-0.2, 0) is 6.54 Å². The SMILES string of the molecule is O=C(NCc1ccc(I)cc1)c1cnco1. The molecule has 16 heavy (non-hydrogen) atoms. The molecule has 1 heterocycles. The van der Waals surface area contributed by atoms with E-state index in [1.165, 1.54) is 16.2 Å². The molecule has 4 nitrogen and oxygen atoms in total. The highest BCUT2D eigenvalue weighted by Gasteiger charge is 2.07. The van der Waals surface area contributed by atoms with Gasteiger partial charge in [-0.3, -0.25) is 4.79 Å². The Morgan fingerprint density at radius 3 is 2.75 bits per heavy atom. The van der Waals surface area contributed by atoms with Gasteiger partial charge in [-0.2, -0.15) is 0 Å². The smallest absolute Gasteiger partial charge is 0.288 e. The molecule has 1 amide bonds. The van der Waals surface area contributed by atoms with Crippen LogP contribution in [0.15, 0.2) is 41.3 Å². The molecular formula is C11H9IN2O2. The summed E-state index contributed by atoms with van der Waals surface area (Å²) in [4.78, 5) is 15.2. The Hall–Kier alpha value is -1.37. The predicted octanol–water partition coefficient (Wildman–Crippen LogP) is 2.21. The number of carbonyl (C=O) groups excluding carboxylic acids is 1. The normalized spacial score (nSPS) is 10.1. The number of amides is 1. The van der Waals surface area contributed by atoms with Gasteiger partial charge < -0.3 is 9.73 Å². The largest absolute Gasteiger partial charge is 0.438 e. The molecule has 0 bridgehead atoms. The van der Waals surface area contributed by atoms with Crippen LogP contribution in [0.25, 0.3) is 0 Å². The molecule has 5 heteroatoms. The molecular weight excluding hydrogens is 319 g/mol. The first-order valence-electron chi connectivity index (χ1n) is 4.67. The first-order valence-corrected chi connectivity index (χ1v) is 5.75. The summed E-state index contributed by atoms with van der Waals surface area (Å²) in [5, 5.41) is 2.75. The number of aromatic nitrogens is 1. The second kappa shape index (κ2) is 5.11. The summed E-state index contributed by atoms with van der Waals surface area (Å²) < 4.78 is 6.05. The first kappa shape index (κ1) is 11.1. The van der Waals surface area contributed by atoms with Crippen molar-refractivity contribution < 1.29 is 9.21 Å². The van der Waals surface area contributed by atoms with E-state index in [1.54, 1.807) is 0 Å². The third kappa shape index (κ3) is 2.82. The molecule has 82 valence electrons. The lowest BCUT2D eigenvalue weighted by Gasteiger charge is -2.02. The van der Waals surface area contributed by atoms with Gasteiger partial charge in [-0.15, -0.1) is 0 Å².